The summed E-state index contributed by atoms with van der Waals surface area (Å²) in [5, 5.41) is 0. The third-order valence-electron chi connectivity index (χ3n) is 7.11. The van der Waals surface area contributed by atoms with Gasteiger partial charge in [0.25, 0.3) is 5.56 Å². The highest BCUT2D eigenvalue weighted by molar-refractivity contribution is 9.10. The second kappa shape index (κ2) is 13.7. The van der Waals surface area contributed by atoms with Gasteiger partial charge in [0.2, 0.25) is 0 Å². The SMILES string of the molecule is CCOC(=O)C1=C(C)N=c2s/c(=C\c3ccc(OCc4ccc(F)cc4)c(OC)c3)c(=O)n2[C@@H]1c1cc(OC)c(OC)cc1Br. The van der Waals surface area contributed by atoms with Crippen LogP contribution in [-0.4, -0.2) is 38.5 Å². The summed E-state index contributed by atoms with van der Waals surface area (Å²) in [6, 6.07) is 14.0. The third kappa shape index (κ3) is 6.52. The molecule has 0 unspecified atom stereocenters. The van der Waals surface area contributed by atoms with Gasteiger partial charge in [-0.05, 0) is 73.0 Å². The van der Waals surface area contributed by atoms with E-state index in [0.717, 1.165) is 5.56 Å². The van der Waals surface area contributed by atoms with Crippen molar-refractivity contribution in [3.8, 4) is 23.0 Å². The Morgan fingerprint density at radius 3 is 2.33 bits per heavy atom. The molecule has 5 rings (SSSR count). The van der Waals surface area contributed by atoms with E-state index < -0.39 is 12.0 Å². The molecule has 9 nitrogen and oxygen atoms in total. The van der Waals surface area contributed by atoms with Crippen molar-refractivity contribution in [2.45, 2.75) is 26.5 Å². The highest BCUT2D eigenvalue weighted by atomic mass is 79.9. The number of methoxy groups -OCH3 is 3. The average Bonchev–Trinajstić information content (AvgIpc) is 3.33. The van der Waals surface area contributed by atoms with Crippen molar-refractivity contribution < 1.29 is 32.9 Å². The number of halogens is 2. The fourth-order valence-electron chi connectivity index (χ4n) is 4.95. The van der Waals surface area contributed by atoms with Gasteiger partial charge in [-0.3, -0.25) is 9.36 Å². The van der Waals surface area contributed by atoms with Gasteiger partial charge in [0.15, 0.2) is 27.8 Å². The topological polar surface area (TPSA) is 97.6 Å². The lowest BCUT2D eigenvalue weighted by atomic mass is 9.95. The largest absolute Gasteiger partial charge is 0.493 e. The predicted molar refractivity (Wildman–Crippen MR) is 171 cm³/mol. The molecule has 3 aromatic carbocycles. The van der Waals surface area contributed by atoms with Crippen molar-refractivity contribution in [1.82, 2.24) is 4.57 Å². The molecule has 234 valence electrons. The highest BCUT2D eigenvalue weighted by Crippen LogP contribution is 2.41. The zero-order valence-corrected chi connectivity index (χ0v) is 27.6. The normalized spacial score (nSPS) is 14.5. The van der Waals surface area contributed by atoms with Crippen LogP contribution in [0.2, 0.25) is 0 Å². The summed E-state index contributed by atoms with van der Waals surface area (Å²) < 4.78 is 43.6. The molecular formula is C33H30BrFN2O7S. The van der Waals surface area contributed by atoms with E-state index in [9.17, 15) is 14.0 Å². The number of rotatable bonds is 10. The monoisotopic (exact) mass is 696 g/mol. The number of allylic oxidation sites excluding steroid dienone is 1. The Labute approximate surface area is 270 Å². The Morgan fingerprint density at radius 2 is 1.67 bits per heavy atom. The van der Waals surface area contributed by atoms with Gasteiger partial charge < -0.3 is 23.7 Å². The van der Waals surface area contributed by atoms with Gasteiger partial charge in [-0.1, -0.05) is 45.5 Å². The maximum Gasteiger partial charge on any atom is 0.338 e. The van der Waals surface area contributed by atoms with Crippen LogP contribution in [0.15, 0.2) is 80.1 Å². The summed E-state index contributed by atoms with van der Waals surface area (Å²) in [6.07, 6.45) is 1.74. The first kappa shape index (κ1) is 32.0. The lowest BCUT2D eigenvalue weighted by Gasteiger charge is -2.26. The Balaban J connectivity index is 1.59. The van der Waals surface area contributed by atoms with Gasteiger partial charge in [-0.15, -0.1) is 0 Å². The average molecular weight is 698 g/mol. The van der Waals surface area contributed by atoms with Gasteiger partial charge in [-0.25, -0.2) is 14.2 Å². The molecule has 0 bridgehead atoms. The summed E-state index contributed by atoms with van der Waals surface area (Å²) >= 11 is 4.81. The molecule has 0 N–H and O–H groups in total. The number of fused-ring (bicyclic) bond motifs is 1. The van der Waals surface area contributed by atoms with Gasteiger partial charge in [0.1, 0.15) is 12.4 Å². The minimum absolute atomic E-state index is 0.158. The Kier molecular flexibility index (Phi) is 9.74. The number of carbonyl (C=O) groups excluding carboxylic acids is 1. The van der Waals surface area contributed by atoms with E-state index in [2.05, 4.69) is 20.9 Å². The first-order valence-electron chi connectivity index (χ1n) is 13.8. The fourth-order valence-corrected chi connectivity index (χ4v) is 6.54. The number of hydrogen-bond donors (Lipinski definition) is 0. The van der Waals surface area contributed by atoms with Crippen molar-refractivity contribution in [3.05, 3.63) is 113 Å². The van der Waals surface area contributed by atoms with Crippen molar-refractivity contribution in [2.75, 3.05) is 27.9 Å². The maximum absolute atomic E-state index is 14.1. The minimum Gasteiger partial charge on any atom is -0.493 e. The zero-order valence-electron chi connectivity index (χ0n) is 25.2. The van der Waals surface area contributed by atoms with Gasteiger partial charge in [0, 0.05) is 4.47 Å². The van der Waals surface area contributed by atoms with Crippen LogP contribution in [0.3, 0.4) is 0 Å². The molecule has 45 heavy (non-hydrogen) atoms. The fraction of sp³-hybridized carbons (Fsp3) is 0.242. The first-order chi connectivity index (χ1) is 21.7. The number of hydrogen-bond acceptors (Lipinski definition) is 9. The van der Waals surface area contributed by atoms with Gasteiger partial charge in [-0.2, -0.15) is 0 Å². The molecule has 0 amide bonds. The van der Waals surface area contributed by atoms with Crippen molar-refractivity contribution in [2.24, 2.45) is 4.99 Å². The molecule has 0 spiro atoms. The lowest BCUT2D eigenvalue weighted by molar-refractivity contribution is -0.139. The van der Waals surface area contributed by atoms with Crippen LogP contribution in [-0.2, 0) is 16.1 Å². The number of carbonyl (C=O) groups is 1. The molecule has 1 aliphatic rings. The van der Waals surface area contributed by atoms with E-state index in [1.807, 2.05) is 0 Å². The summed E-state index contributed by atoms with van der Waals surface area (Å²) in [5.41, 5.74) is 2.44. The van der Waals surface area contributed by atoms with Crippen LogP contribution in [0.25, 0.3) is 6.08 Å². The number of esters is 1. The number of ether oxygens (including phenoxy) is 5. The predicted octanol–water partition coefficient (Wildman–Crippen LogP) is 5.30. The minimum atomic E-state index is -0.853. The number of aromatic nitrogens is 1. The Morgan fingerprint density at radius 1 is 1.00 bits per heavy atom. The molecule has 0 aliphatic carbocycles. The smallest absolute Gasteiger partial charge is 0.338 e. The maximum atomic E-state index is 14.1. The van der Waals surface area contributed by atoms with Crippen LogP contribution in [0, 0.1) is 5.82 Å². The lowest BCUT2D eigenvalue weighted by Crippen LogP contribution is -2.40. The molecular weight excluding hydrogens is 667 g/mol. The van der Waals surface area contributed by atoms with E-state index in [-0.39, 0.29) is 30.2 Å². The van der Waals surface area contributed by atoms with E-state index >= 15 is 0 Å². The van der Waals surface area contributed by atoms with Crippen LogP contribution in [0.1, 0.15) is 36.6 Å². The molecule has 0 saturated heterocycles. The number of benzene rings is 3. The van der Waals surface area contributed by atoms with E-state index in [0.29, 0.717) is 53.6 Å². The number of nitrogens with zero attached hydrogens (tertiary/aromatic N) is 2. The first-order valence-corrected chi connectivity index (χ1v) is 15.5. The summed E-state index contributed by atoms with van der Waals surface area (Å²) in [4.78, 5) is 32.4. The van der Waals surface area contributed by atoms with Crippen molar-refractivity contribution in [3.63, 3.8) is 0 Å². The molecule has 1 aromatic heterocycles. The molecule has 0 saturated carbocycles. The van der Waals surface area contributed by atoms with Gasteiger partial charge >= 0.3 is 5.97 Å². The van der Waals surface area contributed by atoms with Crippen LogP contribution in [0.5, 0.6) is 23.0 Å². The van der Waals surface area contributed by atoms with E-state index in [1.165, 1.54) is 49.4 Å². The van der Waals surface area contributed by atoms with E-state index in [1.54, 1.807) is 62.4 Å². The molecule has 2 heterocycles. The standard InChI is InChI=1S/C33H30BrFN2O7S/c1-6-43-32(39)29-18(2)36-33-37(30(29)22-15-26(41-4)27(42-5)16-23(22)34)31(38)28(45-33)14-20-9-12-24(25(13-20)40-3)44-17-19-7-10-21(35)11-8-19/h7-16,30H,6,17H2,1-5H3/b28-14-/t30-/m1/s1. The van der Waals surface area contributed by atoms with Gasteiger partial charge in [0.05, 0.1) is 49.8 Å². The molecule has 4 aromatic rings. The van der Waals surface area contributed by atoms with E-state index in [4.69, 9.17) is 23.7 Å². The molecule has 0 fully saturated rings. The Hall–Kier alpha value is -4.42. The summed E-state index contributed by atoms with van der Waals surface area (Å²) in [6.45, 7) is 3.83. The molecule has 1 aliphatic heterocycles. The van der Waals surface area contributed by atoms with Crippen LogP contribution < -0.4 is 33.8 Å². The molecule has 12 heteroatoms. The highest BCUT2D eigenvalue weighted by Gasteiger charge is 2.35. The van der Waals surface area contributed by atoms with Crippen LogP contribution >= 0.6 is 27.3 Å². The molecule has 0 radical (unpaired) electrons. The second-order valence-corrected chi connectivity index (χ2v) is 11.7. The summed E-state index contributed by atoms with van der Waals surface area (Å²) in [7, 11) is 4.57. The summed E-state index contributed by atoms with van der Waals surface area (Å²) in [5.74, 6) is 0.990. The quantitative estimate of drug-likeness (QED) is 0.208. The van der Waals surface area contributed by atoms with Crippen LogP contribution in [0.4, 0.5) is 4.39 Å². The molecule has 1 atom stereocenters. The Bertz CT molecular complexity index is 1970. The third-order valence-corrected chi connectivity index (χ3v) is 8.78. The van der Waals surface area contributed by atoms with Crippen molar-refractivity contribution in [1.29, 1.82) is 0 Å². The second-order valence-electron chi connectivity index (χ2n) is 9.86. The zero-order chi connectivity index (χ0) is 32.2. The van der Waals surface area contributed by atoms with Crippen molar-refractivity contribution >= 4 is 39.3 Å². The number of thiazole rings is 1.